The molecule has 2 aromatic rings. The van der Waals surface area contributed by atoms with Gasteiger partial charge in [-0.1, -0.05) is 30.2 Å². The Morgan fingerprint density at radius 2 is 1.57 bits per heavy atom. The minimum atomic E-state index is -0.442. The molecule has 1 aliphatic rings. The van der Waals surface area contributed by atoms with Crippen molar-refractivity contribution in [3.63, 3.8) is 0 Å². The summed E-state index contributed by atoms with van der Waals surface area (Å²) >= 11 is 0. The monoisotopic (exact) mass is 304 g/mol. The van der Waals surface area contributed by atoms with Crippen molar-refractivity contribution >= 4 is 23.4 Å². The van der Waals surface area contributed by atoms with E-state index in [0.717, 1.165) is 4.90 Å². The van der Waals surface area contributed by atoms with E-state index in [-0.39, 0.29) is 17.8 Å². The van der Waals surface area contributed by atoms with Gasteiger partial charge in [-0.2, -0.15) is 0 Å². The van der Waals surface area contributed by atoms with Crippen molar-refractivity contribution in [1.29, 1.82) is 0 Å². The minimum absolute atomic E-state index is 0.0648. The summed E-state index contributed by atoms with van der Waals surface area (Å²) in [5, 5.41) is 2.54. The molecule has 5 nitrogen and oxygen atoms in total. The molecule has 0 spiro atoms. The van der Waals surface area contributed by atoms with Crippen LogP contribution >= 0.6 is 0 Å². The highest BCUT2D eigenvalue weighted by atomic mass is 16.2. The summed E-state index contributed by atoms with van der Waals surface area (Å²) in [5.74, 6) is 0.991. The first-order valence-electron chi connectivity index (χ1n) is 6.93. The van der Waals surface area contributed by atoms with Gasteiger partial charge in [-0.3, -0.25) is 14.4 Å². The van der Waals surface area contributed by atoms with E-state index >= 15 is 0 Å². The van der Waals surface area contributed by atoms with Gasteiger partial charge in [0.25, 0.3) is 17.7 Å². The fraction of sp³-hybridized carbons (Fsp3) is 0.0556. The molecule has 1 heterocycles. The lowest BCUT2D eigenvalue weighted by molar-refractivity contribution is 0.0926. The molecule has 23 heavy (non-hydrogen) atoms. The number of nitrogens with zero attached hydrogens (tertiary/aromatic N) is 1. The number of carbonyl (C=O) groups excluding carboxylic acids is 3. The molecule has 0 saturated carbocycles. The zero-order chi connectivity index (χ0) is 16.4. The van der Waals surface area contributed by atoms with E-state index in [2.05, 4.69) is 11.2 Å². The number of nitrogens with one attached hydrogen (secondary N) is 1. The molecule has 0 bridgehead atoms. The lowest BCUT2D eigenvalue weighted by Crippen LogP contribution is -2.33. The number of imide groups is 1. The molecule has 2 aromatic carbocycles. The maximum absolute atomic E-state index is 12.5. The van der Waals surface area contributed by atoms with Crippen LogP contribution in [0.2, 0.25) is 0 Å². The standard InChI is InChI=1S/C18H12N2O3/c1-2-11-19-16(21)14-9-5-6-10-15(14)20-17(22)12-7-3-4-8-13(12)18(20)23/h1,3-10H,11H2,(H,19,21). The predicted molar refractivity (Wildman–Crippen MR) is 85.2 cm³/mol. The maximum atomic E-state index is 12.5. The summed E-state index contributed by atoms with van der Waals surface area (Å²) in [6, 6.07) is 13.0. The van der Waals surface area contributed by atoms with E-state index in [0.29, 0.717) is 11.1 Å². The number of terminal acetylenes is 1. The Bertz CT molecular complexity index is 830. The molecule has 3 amide bonds. The summed E-state index contributed by atoms with van der Waals surface area (Å²) < 4.78 is 0. The van der Waals surface area contributed by atoms with Gasteiger partial charge in [-0.15, -0.1) is 6.42 Å². The average Bonchev–Trinajstić information content (AvgIpc) is 2.84. The summed E-state index contributed by atoms with van der Waals surface area (Å²) in [5.41, 5.74) is 1.12. The minimum Gasteiger partial charge on any atom is -0.341 e. The summed E-state index contributed by atoms with van der Waals surface area (Å²) in [4.78, 5) is 38.3. The first-order chi connectivity index (χ1) is 11.1. The number of para-hydroxylation sites is 1. The van der Waals surface area contributed by atoms with Gasteiger partial charge in [0, 0.05) is 0 Å². The average molecular weight is 304 g/mol. The van der Waals surface area contributed by atoms with E-state index in [9.17, 15) is 14.4 Å². The fourth-order valence-electron chi connectivity index (χ4n) is 2.50. The summed E-state index contributed by atoms with van der Waals surface area (Å²) in [6.45, 7) is 0.0648. The van der Waals surface area contributed by atoms with E-state index in [1.54, 1.807) is 48.5 Å². The quantitative estimate of drug-likeness (QED) is 0.695. The Kier molecular flexibility index (Phi) is 3.65. The number of rotatable bonds is 3. The Morgan fingerprint density at radius 1 is 1.00 bits per heavy atom. The molecule has 0 aromatic heterocycles. The van der Waals surface area contributed by atoms with Gasteiger partial charge in [-0.05, 0) is 24.3 Å². The summed E-state index contributed by atoms with van der Waals surface area (Å²) in [7, 11) is 0. The number of amides is 3. The molecular formula is C18H12N2O3. The van der Waals surface area contributed by atoms with Crippen LogP contribution in [0.15, 0.2) is 48.5 Å². The molecule has 0 atom stereocenters. The van der Waals surface area contributed by atoms with Crippen LogP contribution in [0.4, 0.5) is 5.69 Å². The van der Waals surface area contributed by atoms with Crippen LogP contribution in [-0.2, 0) is 0 Å². The zero-order valence-electron chi connectivity index (χ0n) is 12.1. The van der Waals surface area contributed by atoms with Crippen LogP contribution in [0.1, 0.15) is 31.1 Å². The second kappa shape index (κ2) is 5.78. The van der Waals surface area contributed by atoms with Crippen LogP contribution < -0.4 is 10.2 Å². The van der Waals surface area contributed by atoms with E-state index in [4.69, 9.17) is 6.42 Å². The maximum Gasteiger partial charge on any atom is 0.266 e. The molecule has 3 rings (SSSR count). The number of hydrogen-bond acceptors (Lipinski definition) is 3. The Balaban J connectivity index is 2.04. The van der Waals surface area contributed by atoms with Crippen molar-refractivity contribution in [3.05, 3.63) is 65.2 Å². The number of hydrogen-bond donors (Lipinski definition) is 1. The molecule has 1 aliphatic heterocycles. The van der Waals surface area contributed by atoms with E-state index < -0.39 is 17.7 Å². The zero-order valence-corrected chi connectivity index (χ0v) is 12.1. The Morgan fingerprint density at radius 3 is 2.17 bits per heavy atom. The molecule has 112 valence electrons. The van der Waals surface area contributed by atoms with Gasteiger partial charge in [0.15, 0.2) is 0 Å². The molecule has 0 saturated heterocycles. The lowest BCUT2D eigenvalue weighted by atomic mass is 10.1. The van der Waals surface area contributed by atoms with Crippen molar-refractivity contribution in [1.82, 2.24) is 5.32 Å². The molecule has 5 heteroatoms. The van der Waals surface area contributed by atoms with Crippen molar-refractivity contribution in [2.75, 3.05) is 11.4 Å². The SMILES string of the molecule is C#CCNC(=O)c1ccccc1N1C(=O)c2ccccc2C1=O. The van der Waals surface area contributed by atoms with Crippen molar-refractivity contribution in [2.24, 2.45) is 0 Å². The second-order valence-corrected chi connectivity index (χ2v) is 4.90. The number of carbonyl (C=O) groups is 3. The highest BCUT2D eigenvalue weighted by Crippen LogP contribution is 2.30. The number of benzene rings is 2. The lowest BCUT2D eigenvalue weighted by Gasteiger charge is -2.17. The molecule has 0 unspecified atom stereocenters. The van der Waals surface area contributed by atoms with Crippen molar-refractivity contribution in [2.45, 2.75) is 0 Å². The van der Waals surface area contributed by atoms with Crippen molar-refractivity contribution < 1.29 is 14.4 Å². The van der Waals surface area contributed by atoms with Crippen LogP contribution in [0, 0.1) is 12.3 Å². The molecule has 1 N–H and O–H groups in total. The third-order valence-electron chi connectivity index (χ3n) is 3.53. The molecule has 0 fully saturated rings. The second-order valence-electron chi connectivity index (χ2n) is 4.90. The third-order valence-corrected chi connectivity index (χ3v) is 3.53. The Hall–Kier alpha value is -3.39. The van der Waals surface area contributed by atoms with Crippen LogP contribution in [0.3, 0.4) is 0 Å². The highest BCUT2D eigenvalue weighted by Gasteiger charge is 2.37. The largest absolute Gasteiger partial charge is 0.341 e. The first-order valence-corrected chi connectivity index (χ1v) is 6.93. The topological polar surface area (TPSA) is 66.5 Å². The number of anilines is 1. The molecule has 0 aliphatic carbocycles. The van der Waals surface area contributed by atoms with Gasteiger partial charge >= 0.3 is 0 Å². The van der Waals surface area contributed by atoms with Crippen LogP contribution in [-0.4, -0.2) is 24.3 Å². The smallest absolute Gasteiger partial charge is 0.266 e. The molecular weight excluding hydrogens is 292 g/mol. The van der Waals surface area contributed by atoms with Gasteiger partial charge < -0.3 is 5.32 Å². The molecule has 0 radical (unpaired) electrons. The van der Waals surface area contributed by atoms with Crippen LogP contribution in [0.5, 0.6) is 0 Å². The first kappa shape index (κ1) is 14.5. The van der Waals surface area contributed by atoms with Gasteiger partial charge in [0.1, 0.15) is 0 Å². The van der Waals surface area contributed by atoms with Gasteiger partial charge in [-0.25, -0.2) is 4.90 Å². The number of fused-ring (bicyclic) bond motifs is 1. The van der Waals surface area contributed by atoms with Gasteiger partial charge in [0.2, 0.25) is 0 Å². The van der Waals surface area contributed by atoms with Gasteiger partial charge in [0.05, 0.1) is 28.9 Å². The van der Waals surface area contributed by atoms with E-state index in [1.807, 2.05) is 0 Å². The van der Waals surface area contributed by atoms with Crippen LogP contribution in [0.25, 0.3) is 0 Å². The predicted octanol–water partition coefficient (Wildman–Crippen LogP) is 1.85. The van der Waals surface area contributed by atoms with E-state index in [1.165, 1.54) is 0 Å². The van der Waals surface area contributed by atoms with Crippen molar-refractivity contribution in [3.8, 4) is 12.3 Å². The normalized spacial score (nSPS) is 12.7. The Labute approximate surface area is 132 Å². The third kappa shape index (κ3) is 2.36. The highest BCUT2D eigenvalue weighted by molar-refractivity contribution is 6.35. The fourth-order valence-corrected chi connectivity index (χ4v) is 2.50. The summed E-state index contributed by atoms with van der Waals surface area (Å²) in [6.07, 6.45) is 5.13.